The molecule has 0 saturated carbocycles. The minimum absolute atomic E-state index is 0.00636. The van der Waals surface area contributed by atoms with Gasteiger partial charge in [0.05, 0.1) is 6.54 Å². The van der Waals surface area contributed by atoms with Crippen molar-refractivity contribution in [3.8, 4) is 0 Å². The van der Waals surface area contributed by atoms with Gasteiger partial charge in [0.1, 0.15) is 0 Å². The molecule has 0 aliphatic heterocycles. The molecule has 5 heteroatoms. The summed E-state index contributed by atoms with van der Waals surface area (Å²) in [4.78, 5) is 1.54. The van der Waals surface area contributed by atoms with Crippen molar-refractivity contribution in [2.75, 3.05) is 19.6 Å². The van der Waals surface area contributed by atoms with Gasteiger partial charge in [-0.15, -0.1) is 0 Å². The van der Waals surface area contributed by atoms with Gasteiger partial charge < -0.3 is 5.32 Å². The smallest absolute Gasteiger partial charge is 0.312 e. The minimum atomic E-state index is -4.12. The average Bonchev–Trinajstić information content (AvgIpc) is 2.21. The van der Waals surface area contributed by atoms with Crippen LogP contribution in [0.15, 0.2) is 0 Å². The lowest BCUT2D eigenvalue weighted by atomic mass is 9.99. The van der Waals surface area contributed by atoms with E-state index >= 15 is 0 Å². The van der Waals surface area contributed by atoms with Gasteiger partial charge in [-0.1, -0.05) is 13.8 Å². The summed E-state index contributed by atoms with van der Waals surface area (Å²) in [6, 6.07) is -0.0866. The largest absolute Gasteiger partial charge is 0.401 e. The summed E-state index contributed by atoms with van der Waals surface area (Å²) in [5.41, 5.74) is -0.00636. The first kappa shape index (κ1) is 18.7. The van der Waals surface area contributed by atoms with E-state index < -0.39 is 12.7 Å². The Morgan fingerprint density at radius 2 is 1.63 bits per heavy atom. The molecule has 0 aromatic heterocycles. The molecule has 2 atom stereocenters. The number of nitrogens with zero attached hydrogens (tertiary/aromatic N) is 1. The van der Waals surface area contributed by atoms with Gasteiger partial charge in [0.25, 0.3) is 0 Å². The molecule has 0 rings (SSSR count). The monoisotopic (exact) mass is 282 g/mol. The SMILES string of the molecule is CCCN(CC(F)(F)F)C(C)C(C)CNC(C)(C)C. The number of hydrogen-bond donors (Lipinski definition) is 1. The van der Waals surface area contributed by atoms with Crippen LogP contribution in [0, 0.1) is 5.92 Å². The van der Waals surface area contributed by atoms with Crippen LogP contribution in [-0.2, 0) is 0 Å². The highest BCUT2D eigenvalue weighted by atomic mass is 19.4. The van der Waals surface area contributed by atoms with Gasteiger partial charge in [0, 0.05) is 11.6 Å². The summed E-state index contributed by atoms with van der Waals surface area (Å²) in [6.07, 6.45) is -3.39. The van der Waals surface area contributed by atoms with Crippen molar-refractivity contribution in [3.63, 3.8) is 0 Å². The van der Waals surface area contributed by atoms with E-state index in [1.165, 1.54) is 4.90 Å². The van der Waals surface area contributed by atoms with Crippen molar-refractivity contribution < 1.29 is 13.2 Å². The molecular formula is C14H29F3N2. The standard InChI is InChI=1S/C14H29F3N2/c1-7-8-19(10-14(15,16)17)12(3)11(2)9-18-13(4,5)6/h11-12,18H,7-10H2,1-6H3. The van der Waals surface area contributed by atoms with Gasteiger partial charge in [0.15, 0.2) is 0 Å². The van der Waals surface area contributed by atoms with Gasteiger partial charge in [-0.2, -0.15) is 13.2 Å². The molecule has 0 saturated heterocycles. The number of halogens is 3. The fourth-order valence-corrected chi connectivity index (χ4v) is 1.94. The Bertz CT molecular complexity index is 246. The van der Waals surface area contributed by atoms with Crippen LogP contribution in [0.5, 0.6) is 0 Å². The molecule has 1 N–H and O–H groups in total. The maximum absolute atomic E-state index is 12.6. The Labute approximate surface area is 115 Å². The fraction of sp³-hybridized carbons (Fsp3) is 1.00. The van der Waals surface area contributed by atoms with Crippen LogP contribution >= 0.6 is 0 Å². The molecule has 0 amide bonds. The topological polar surface area (TPSA) is 15.3 Å². The second-order valence-corrected chi connectivity index (χ2v) is 6.43. The van der Waals surface area contributed by atoms with E-state index in [0.29, 0.717) is 6.54 Å². The lowest BCUT2D eigenvalue weighted by Gasteiger charge is -2.35. The van der Waals surface area contributed by atoms with Crippen molar-refractivity contribution in [1.82, 2.24) is 10.2 Å². The summed E-state index contributed by atoms with van der Waals surface area (Å²) < 4.78 is 37.7. The molecule has 0 spiro atoms. The fourth-order valence-electron chi connectivity index (χ4n) is 1.94. The first-order valence-corrected chi connectivity index (χ1v) is 7.02. The Morgan fingerprint density at radius 1 is 1.11 bits per heavy atom. The molecule has 0 aliphatic carbocycles. The lowest BCUT2D eigenvalue weighted by molar-refractivity contribution is -0.152. The van der Waals surface area contributed by atoms with Gasteiger partial charge in [-0.25, -0.2) is 0 Å². The molecule has 116 valence electrons. The van der Waals surface area contributed by atoms with Crippen molar-refractivity contribution in [2.24, 2.45) is 5.92 Å². The van der Waals surface area contributed by atoms with Gasteiger partial charge in [-0.05, 0) is 53.1 Å². The van der Waals surface area contributed by atoms with Gasteiger partial charge in [0.2, 0.25) is 0 Å². The molecule has 0 heterocycles. The Kier molecular flexibility index (Phi) is 7.37. The van der Waals surface area contributed by atoms with Crippen LogP contribution in [0.25, 0.3) is 0 Å². The minimum Gasteiger partial charge on any atom is -0.312 e. The second-order valence-electron chi connectivity index (χ2n) is 6.43. The molecule has 0 aromatic rings. The Hall–Kier alpha value is -0.290. The van der Waals surface area contributed by atoms with Gasteiger partial charge in [-0.3, -0.25) is 4.90 Å². The Balaban J connectivity index is 4.48. The molecular weight excluding hydrogens is 253 g/mol. The van der Waals surface area contributed by atoms with Gasteiger partial charge >= 0.3 is 6.18 Å². The third-order valence-electron chi connectivity index (χ3n) is 3.25. The zero-order valence-corrected chi connectivity index (χ0v) is 13.1. The summed E-state index contributed by atoms with van der Waals surface area (Å²) in [6.45, 7) is 12.4. The molecule has 0 aliphatic rings. The van der Waals surface area contributed by atoms with E-state index in [2.05, 4.69) is 26.1 Å². The highest BCUT2D eigenvalue weighted by molar-refractivity contribution is 4.79. The predicted octanol–water partition coefficient (Wildman–Crippen LogP) is 3.67. The molecule has 19 heavy (non-hydrogen) atoms. The molecule has 0 radical (unpaired) electrons. The number of hydrogen-bond acceptors (Lipinski definition) is 2. The first-order chi connectivity index (χ1) is 8.46. The van der Waals surface area contributed by atoms with Crippen molar-refractivity contribution >= 4 is 0 Å². The zero-order valence-electron chi connectivity index (χ0n) is 13.1. The third kappa shape index (κ3) is 9.27. The summed E-state index contributed by atoms with van der Waals surface area (Å²) >= 11 is 0. The third-order valence-corrected chi connectivity index (χ3v) is 3.25. The quantitative estimate of drug-likeness (QED) is 0.766. The van der Waals surface area contributed by atoms with Crippen LogP contribution < -0.4 is 5.32 Å². The average molecular weight is 282 g/mol. The van der Waals surface area contributed by atoms with Crippen LogP contribution in [-0.4, -0.2) is 42.3 Å². The number of alkyl halides is 3. The van der Waals surface area contributed by atoms with Crippen molar-refractivity contribution in [1.29, 1.82) is 0 Å². The molecule has 0 fully saturated rings. The van der Waals surface area contributed by atoms with Crippen LogP contribution in [0.2, 0.25) is 0 Å². The van der Waals surface area contributed by atoms with E-state index in [1.54, 1.807) is 0 Å². The van der Waals surface area contributed by atoms with E-state index in [-0.39, 0.29) is 17.5 Å². The van der Waals surface area contributed by atoms with Crippen LogP contribution in [0.4, 0.5) is 13.2 Å². The highest BCUT2D eigenvalue weighted by Gasteiger charge is 2.33. The number of rotatable bonds is 7. The van der Waals surface area contributed by atoms with Crippen molar-refractivity contribution in [2.45, 2.75) is 65.7 Å². The van der Waals surface area contributed by atoms with Crippen LogP contribution in [0.1, 0.15) is 48.0 Å². The van der Waals surface area contributed by atoms with E-state index in [0.717, 1.165) is 13.0 Å². The summed E-state index contributed by atoms with van der Waals surface area (Å²) in [7, 11) is 0. The maximum atomic E-state index is 12.6. The van der Waals surface area contributed by atoms with E-state index in [4.69, 9.17) is 0 Å². The molecule has 0 aromatic carbocycles. The predicted molar refractivity (Wildman–Crippen MR) is 74.3 cm³/mol. The van der Waals surface area contributed by atoms with E-state index in [1.807, 2.05) is 20.8 Å². The number of nitrogens with one attached hydrogen (secondary N) is 1. The summed E-state index contributed by atoms with van der Waals surface area (Å²) in [5, 5.41) is 3.35. The Morgan fingerprint density at radius 3 is 2.00 bits per heavy atom. The first-order valence-electron chi connectivity index (χ1n) is 7.02. The molecule has 2 nitrogen and oxygen atoms in total. The molecule has 0 bridgehead atoms. The second kappa shape index (κ2) is 7.48. The lowest BCUT2D eigenvalue weighted by Crippen LogP contribution is -2.48. The van der Waals surface area contributed by atoms with Crippen LogP contribution in [0.3, 0.4) is 0 Å². The normalized spacial score (nSPS) is 16.7. The zero-order chi connectivity index (χ0) is 15.3. The van der Waals surface area contributed by atoms with Crippen molar-refractivity contribution in [3.05, 3.63) is 0 Å². The summed E-state index contributed by atoms with van der Waals surface area (Å²) in [5.74, 6) is 0.174. The molecule has 2 unspecified atom stereocenters. The van der Waals surface area contributed by atoms with E-state index in [9.17, 15) is 13.2 Å². The maximum Gasteiger partial charge on any atom is 0.401 e. The highest BCUT2D eigenvalue weighted by Crippen LogP contribution is 2.21.